The number of H-pyrrole nitrogens is 1. The van der Waals surface area contributed by atoms with Crippen LogP contribution < -0.4 is 5.56 Å². The molecule has 0 aliphatic heterocycles. The van der Waals surface area contributed by atoms with Crippen LogP contribution in [-0.2, 0) is 6.54 Å². The number of rotatable bonds is 6. The van der Waals surface area contributed by atoms with Crippen molar-refractivity contribution in [2.75, 3.05) is 5.75 Å². The van der Waals surface area contributed by atoms with Crippen molar-refractivity contribution in [2.45, 2.75) is 32.5 Å². The third-order valence-electron chi connectivity index (χ3n) is 4.54. The fourth-order valence-corrected chi connectivity index (χ4v) is 5.98. The molecular weight excluding hydrogens is 410 g/mol. The number of aryl methyl sites for hydroxylation is 2. The van der Waals surface area contributed by atoms with E-state index in [0.717, 1.165) is 26.7 Å². The van der Waals surface area contributed by atoms with Crippen molar-refractivity contribution in [1.29, 1.82) is 0 Å². The van der Waals surface area contributed by atoms with Gasteiger partial charge in [0, 0.05) is 39.3 Å². The smallest absolute Gasteiger partial charge is 0.263 e. The van der Waals surface area contributed by atoms with Gasteiger partial charge in [-0.05, 0) is 38.3 Å². The van der Waals surface area contributed by atoms with Crippen LogP contribution in [0.1, 0.15) is 28.7 Å². The first-order valence-corrected chi connectivity index (χ1v) is 11.6. The highest BCUT2D eigenvalue weighted by molar-refractivity contribution is 7.99. The molecule has 0 amide bonds. The van der Waals surface area contributed by atoms with E-state index in [4.69, 9.17) is 4.98 Å². The minimum Gasteiger partial charge on any atom is -0.362 e. The van der Waals surface area contributed by atoms with E-state index in [-0.39, 0.29) is 17.1 Å². The Morgan fingerprint density at radius 1 is 1.32 bits per heavy atom. The lowest BCUT2D eigenvalue weighted by atomic mass is 10.2. The number of hydrogen-bond acceptors (Lipinski definition) is 6. The lowest BCUT2D eigenvalue weighted by Crippen LogP contribution is -2.22. The SMILES string of the molecule is CCn1c(SCC(=O)c2cc(C)[nH]c2C)nc2scc(-c3cccs3)c2c1=O. The van der Waals surface area contributed by atoms with E-state index in [2.05, 4.69) is 4.98 Å². The van der Waals surface area contributed by atoms with Crippen molar-refractivity contribution in [3.63, 3.8) is 0 Å². The van der Waals surface area contributed by atoms with Gasteiger partial charge in [0.05, 0.1) is 11.1 Å². The Balaban J connectivity index is 1.69. The molecule has 0 saturated carbocycles. The van der Waals surface area contributed by atoms with Crippen LogP contribution in [0.3, 0.4) is 0 Å². The predicted octanol–water partition coefficient (Wildman–Crippen LogP) is 5.13. The number of ketones is 1. The van der Waals surface area contributed by atoms with Gasteiger partial charge in [0.2, 0.25) is 0 Å². The van der Waals surface area contributed by atoms with Crippen LogP contribution in [0.2, 0.25) is 0 Å². The molecule has 0 bridgehead atoms. The Hall–Kier alpha value is -2.16. The monoisotopic (exact) mass is 429 g/mol. The summed E-state index contributed by atoms with van der Waals surface area (Å²) < 4.78 is 1.67. The summed E-state index contributed by atoms with van der Waals surface area (Å²) in [7, 11) is 0. The third kappa shape index (κ3) is 3.36. The van der Waals surface area contributed by atoms with Crippen LogP contribution >= 0.6 is 34.4 Å². The molecule has 144 valence electrons. The molecule has 0 spiro atoms. The molecule has 0 fully saturated rings. The maximum atomic E-state index is 13.2. The zero-order valence-electron chi connectivity index (χ0n) is 15.7. The normalized spacial score (nSPS) is 11.4. The van der Waals surface area contributed by atoms with Crippen LogP contribution in [0.25, 0.3) is 20.7 Å². The molecule has 0 unspecified atom stereocenters. The number of Topliss-reactive ketones (excluding diaryl/α,β-unsaturated/α-hetero) is 1. The van der Waals surface area contributed by atoms with Gasteiger partial charge >= 0.3 is 0 Å². The van der Waals surface area contributed by atoms with E-state index in [1.165, 1.54) is 23.1 Å². The zero-order valence-corrected chi connectivity index (χ0v) is 18.2. The molecule has 0 aromatic carbocycles. The number of aromatic amines is 1. The highest BCUT2D eigenvalue weighted by atomic mass is 32.2. The second kappa shape index (κ2) is 7.69. The minimum absolute atomic E-state index is 0.0364. The van der Waals surface area contributed by atoms with Gasteiger partial charge in [-0.15, -0.1) is 22.7 Å². The average Bonchev–Trinajstić information content (AvgIpc) is 3.39. The molecule has 4 aromatic rings. The van der Waals surface area contributed by atoms with Gasteiger partial charge in [-0.1, -0.05) is 17.8 Å². The number of aromatic nitrogens is 3. The van der Waals surface area contributed by atoms with Crippen molar-refractivity contribution in [3.8, 4) is 10.4 Å². The standard InChI is InChI=1S/C20H19N3O2S3/c1-4-23-19(25)17-14(16-6-5-7-26-16)9-27-18(17)22-20(23)28-10-15(24)13-8-11(2)21-12(13)3/h5-9,21H,4,10H2,1-3H3. The topological polar surface area (TPSA) is 67.8 Å². The van der Waals surface area contributed by atoms with Crippen LogP contribution in [0.15, 0.2) is 38.9 Å². The fourth-order valence-electron chi connectivity index (χ4n) is 3.23. The number of carbonyl (C=O) groups is 1. The Morgan fingerprint density at radius 3 is 2.79 bits per heavy atom. The third-order valence-corrected chi connectivity index (χ3v) is 7.30. The van der Waals surface area contributed by atoms with Crippen LogP contribution in [0, 0.1) is 13.8 Å². The Bertz CT molecular complexity index is 1220. The van der Waals surface area contributed by atoms with Crippen LogP contribution in [0.5, 0.6) is 0 Å². The molecule has 1 N–H and O–H groups in total. The molecule has 0 radical (unpaired) electrons. The van der Waals surface area contributed by atoms with Crippen molar-refractivity contribution >= 4 is 50.4 Å². The second-order valence-electron chi connectivity index (χ2n) is 6.45. The number of thioether (sulfide) groups is 1. The first-order chi connectivity index (χ1) is 13.5. The number of nitrogens with one attached hydrogen (secondary N) is 1. The highest BCUT2D eigenvalue weighted by Crippen LogP contribution is 2.34. The molecular formula is C20H19N3O2S3. The Labute approximate surface area is 174 Å². The first-order valence-electron chi connectivity index (χ1n) is 8.87. The predicted molar refractivity (Wildman–Crippen MR) is 118 cm³/mol. The number of hydrogen-bond donors (Lipinski definition) is 1. The number of nitrogens with zero attached hydrogens (tertiary/aromatic N) is 2. The van der Waals surface area contributed by atoms with E-state index < -0.39 is 0 Å². The largest absolute Gasteiger partial charge is 0.362 e. The molecule has 0 aliphatic rings. The summed E-state index contributed by atoms with van der Waals surface area (Å²) in [5.41, 5.74) is 3.45. The van der Waals surface area contributed by atoms with Crippen molar-refractivity contribution in [3.05, 3.63) is 56.3 Å². The lowest BCUT2D eigenvalue weighted by Gasteiger charge is -2.10. The van der Waals surface area contributed by atoms with E-state index >= 15 is 0 Å². The number of thiophene rings is 2. The quantitative estimate of drug-likeness (QED) is 0.262. The Morgan fingerprint density at radius 2 is 2.14 bits per heavy atom. The molecule has 0 saturated heterocycles. The zero-order chi connectivity index (χ0) is 19.8. The minimum atomic E-state index is -0.0410. The van der Waals surface area contributed by atoms with Gasteiger partial charge in [-0.25, -0.2) is 4.98 Å². The lowest BCUT2D eigenvalue weighted by molar-refractivity contribution is 0.102. The van der Waals surface area contributed by atoms with Crippen molar-refractivity contribution < 1.29 is 4.79 Å². The maximum Gasteiger partial charge on any atom is 0.263 e. The average molecular weight is 430 g/mol. The van der Waals surface area contributed by atoms with Crippen LogP contribution in [0.4, 0.5) is 0 Å². The summed E-state index contributed by atoms with van der Waals surface area (Å²) in [5.74, 6) is 0.286. The molecule has 0 aliphatic carbocycles. The molecule has 4 aromatic heterocycles. The van der Waals surface area contributed by atoms with Gasteiger partial charge in [0.25, 0.3) is 5.56 Å². The van der Waals surface area contributed by atoms with Gasteiger partial charge in [-0.3, -0.25) is 14.2 Å². The van der Waals surface area contributed by atoms with E-state index in [0.29, 0.717) is 22.7 Å². The van der Waals surface area contributed by atoms with Crippen LogP contribution in [-0.4, -0.2) is 26.1 Å². The summed E-state index contributed by atoms with van der Waals surface area (Å²) in [4.78, 5) is 35.4. The summed E-state index contributed by atoms with van der Waals surface area (Å²) in [6.45, 7) is 6.27. The van der Waals surface area contributed by atoms with Crippen molar-refractivity contribution in [2.24, 2.45) is 0 Å². The molecule has 4 heterocycles. The Kier molecular flexibility index (Phi) is 5.27. The maximum absolute atomic E-state index is 13.2. The van der Waals surface area contributed by atoms with Crippen molar-refractivity contribution in [1.82, 2.24) is 14.5 Å². The molecule has 8 heteroatoms. The number of fused-ring (bicyclic) bond motifs is 1. The molecule has 28 heavy (non-hydrogen) atoms. The first kappa shape index (κ1) is 19.2. The molecule has 0 atom stereocenters. The van der Waals surface area contributed by atoms with Gasteiger partial charge in [-0.2, -0.15) is 0 Å². The summed E-state index contributed by atoms with van der Waals surface area (Å²) in [6, 6.07) is 5.87. The summed E-state index contributed by atoms with van der Waals surface area (Å²) in [5, 5.41) is 5.27. The summed E-state index contributed by atoms with van der Waals surface area (Å²) >= 11 is 4.42. The van der Waals surface area contributed by atoms with E-state index in [1.54, 1.807) is 15.9 Å². The van der Waals surface area contributed by atoms with Gasteiger partial charge in [0.1, 0.15) is 4.83 Å². The fraction of sp³-hybridized carbons (Fsp3) is 0.250. The summed E-state index contributed by atoms with van der Waals surface area (Å²) in [6.07, 6.45) is 0. The highest BCUT2D eigenvalue weighted by Gasteiger charge is 2.19. The van der Waals surface area contributed by atoms with E-state index in [9.17, 15) is 9.59 Å². The van der Waals surface area contributed by atoms with E-state index in [1.807, 2.05) is 49.7 Å². The molecule has 5 nitrogen and oxygen atoms in total. The van der Waals surface area contributed by atoms with Gasteiger partial charge < -0.3 is 4.98 Å². The molecule has 4 rings (SSSR count). The second-order valence-corrected chi connectivity index (χ2v) is 9.20. The van der Waals surface area contributed by atoms with Gasteiger partial charge in [0.15, 0.2) is 10.9 Å². The number of carbonyl (C=O) groups excluding carboxylic acids is 1.